The van der Waals surface area contributed by atoms with E-state index >= 15 is 0 Å². The number of hydrogen-bond donors (Lipinski definition) is 3. The number of ether oxygens (including phenoxy) is 1. The maximum Gasteiger partial charge on any atom is 0.341 e. The number of carbonyl (C=O) groups excluding carboxylic acids is 2. The number of amides is 1. The average Bonchev–Trinajstić information content (AvgIpc) is 3.26. The van der Waals surface area contributed by atoms with Gasteiger partial charge in [0.25, 0.3) is 5.91 Å². The molecule has 2 heterocycles. The summed E-state index contributed by atoms with van der Waals surface area (Å²) in [6.07, 6.45) is 5.01. The predicted octanol–water partition coefficient (Wildman–Crippen LogP) is 3.98. The minimum absolute atomic E-state index is 0.201. The van der Waals surface area contributed by atoms with Gasteiger partial charge in [0.2, 0.25) is 0 Å². The lowest BCUT2D eigenvalue weighted by atomic mass is 9.96. The second-order valence-electron chi connectivity index (χ2n) is 6.48. The summed E-state index contributed by atoms with van der Waals surface area (Å²) < 4.78 is 4.91. The number of hydrogen-bond acceptors (Lipinski definition) is 6. The van der Waals surface area contributed by atoms with Crippen molar-refractivity contribution in [1.82, 2.24) is 10.9 Å². The highest BCUT2D eigenvalue weighted by molar-refractivity contribution is 7.80. The lowest BCUT2D eigenvalue weighted by molar-refractivity contribution is 0.0601. The Hall–Kier alpha value is -1.97. The zero-order valence-corrected chi connectivity index (χ0v) is 18.5. The van der Waals surface area contributed by atoms with Crippen molar-refractivity contribution >= 4 is 56.9 Å². The zero-order valence-electron chi connectivity index (χ0n) is 16.1. The third kappa shape index (κ3) is 4.21. The number of nitrogens with one attached hydrogen (secondary N) is 3. The standard InChI is InChI=1S/C19H23N3O3S3/c1-4-11-10(2)28-17(15(11)18(24)25-3)20-19(26)22-21-16(23)13-9-27-14-8-6-5-7-12(13)14/h9H,4-8H2,1-3H3,(H,21,23)(H2,20,22,26). The van der Waals surface area contributed by atoms with Crippen LogP contribution in [0.2, 0.25) is 0 Å². The SMILES string of the molecule is CCc1c(C)sc(NC(=S)NNC(=O)c2csc3c2CCCC3)c1C(=O)OC. The molecule has 0 aliphatic heterocycles. The fraction of sp³-hybridized carbons (Fsp3) is 0.421. The van der Waals surface area contributed by atoms with Crippen LogP contribution in [0.15, 0.2) is 5.38 Å². The highest BCUT2D eigenvalue weighted by Crippen LogP contribution is 2.34. The number of rotatable bonds is 4. The van der Waals surface area contributed by atoms with Crippen molar-refractivity contribution in [2.45, 2.75) is 46.0 Å². The molecule has 6 nitrogen and oxygen atoms in total. The smallest absolute Gasteiger partial charge is 0.341 e. The maximum atomic E-state index is 12.5. The van der Waals surface area contributed by atoms with Crippen LogP contribution in [0, 0.1) is 6.92 Å². The molecule has 0 spiro atoms. The van der Waals surface area contributed by atoms with Gasteiger partial charge in [0.05, 0.1) is 18.2 Å². The topological polar surface area (TPSA) is 79.5 Å². The van der Waals surface area contributed by atoms with Crippen LogP contribution in [-0.4, -0.2) is 24.1 Å². The summed E-state index contributed by atoms with van der Waals surface area (Å²) in [4.78, 5) is 27.0. The van der Waals surface area contributed by atoms with Crippen molar-refractivity contribution in [2.24, 2.45) is 0 Å². The van der Waals surface area contributed by atoms with Crippen molar-refractivity contribution in [3.8, 4) is 0 Å². The molecule has 2 aromatic rings. The predicted molar refractivity (Wildman–Crippen MR) is 118 cm³/mol. The van der Waals surface area contributed by atoms with Crippen molar-refractivity contribution in [1.29, 1.82) is 0 Å². The molecule has 9 heteroatoms. The molecule has 0 bridgehead atoms. The van der Waals surface area contributed by atoms with Crippen molar-refractivity contribution in [3.05, 3.63) is 37.4 Å². The molecular formula is C19H23N3O3S3. The first-order chi connectivity index (χ1) is 13.5. The normalized spacial score (nSPS) is 12.8. The van der Waals surface area contributed by atoms with E-state index in [9.17, 15) is 9.59 Å². The van der Waals surface area contributed by atoms with E-state index in [0.717, 1.165) is 35.3 Å². The first-order valence-corrected chi connectivity index (χ1v) is 11.2. The molecule has 0 aromatic carbocycles. The molecule has 0 atom stereocenters. The number of methoxy groups -OCH3 is 1. The van der Waals surface area contributed by atoms with Crippen LogP contribution in [0.3, 0.4) is 0 Å². The summed E-state index contributed by atoms with van der Waals surface area (Å²) in [7, 11) is 1.36. The summed E-state index contributed by atoms with van der Waals surface area (Å²) in [6, 6.07) is 0. The number of aryl methyl sites for hydroxylation is 2. The molecule has 28 heavy (non-hydrogen) atoms. The highest BCUT2D eigenvalue weighted by Gasteiger charge is 2.23. The van der Waals surface area contributed by atoms with Gasteiger partial charge in [0.1, 0.15) is 5.00 Å². The second-order valence-corrected chi connectivity index (χ2v) is 9.07. The molecule has 1 aliphatic carbocycles. The Morgan fingerprint density at radius 3 is 2.71 bits per heavy atom. The molecule has 3 N–H and O–H groups in total. The first kappa shape index (κ1) is 20.8. The Labute approximate surface area is 177 Å². The Bertz CT molecular complexity index is 917. The third-order valence-electron chi connectivity index (χ3n) is 4.77. The van der Waals surface area contributed by atoms with E-state index in [-0.39, 0.29) is 11.0 Å². The van der Waals surface area contributed by atoms with E-state index in [2.05, 4.69) is 16.2 Å². The highest BCUT2D eigenvalue weighted by atomic mass is 32.1. The molecule has 0 unspecified atom stereocenters. The lowest BCUT2D eigenvalue weighted by Gasteiger charge is -2.14. The molecule has 150 valence electrons. The fourth-order valence-electron chi connectivity index (χ4n) is 3.41. The summed E-state index contributed by atoms with van der Waals surface area (Å²) in [5.41, 5.74) is 8.70. The monoisotopic (exact) mass is 437 g/mol. The van der Waals surface area contributed by atoms with E-state index in [0.29, 0.717) is 22.5 Å². The van der Waals surface area contributed by atoms with Crippen LogP contribution in [0.25, 0.3) is 0 Å². The van der Waals surface area contributed by atoms with Gasteiger partial charge in [-0.15, -0.1) is 22.7 Å². The van der Waals surface area contributed by atoms with Gasteiger partial charge < -0.3 is 10.1 Å². The van der Waals surface area contributed by atoms with Gasteiger partial charge in [-0.05, 0) is 62.4 Å². The van der Waals surface area contributed by atoms with E-state index in [1.807, 2.05) is 19.2 Å². The Kier molecular flexibility index (Phi) is 6.69. The average molecular weight is 438 g/mol. The summed E-state index contributed by atoms with van der Waals surface area (Å²) >= 11 is 8.38. The molecule has 0 saturated carbocycles. The second kappa shape index (κ2) is 9.02. The van der Waals surface area contributed by atoms with Crippen LogP contribution >= 0.6 is 34.9 Å². The summed E-state index contributed by atoms with van der Waals surface area (Å²) in [6.45, 7) is 3.95. The molecule has 0 radical (unpaired) electrons. The van der Waals surface area contributed by atoms with Gasteiger partial charge in [-0.1, -0.05) is 6.92 Å². The molecule has 0 fully saturated rings. The largest absolute Gasteiger partial charge is 0.465 e. The quantitative estimate of drug-likeness (QED) is 0.381. The number of anilines is 1. The summed E-state index contributed by atoms with van der Waals surface area (Å²) in [5.74, 6) is -0.603. The minimum atomic E-state index is -0.402. The maximum absolute atomic E-state index is 12.5. The van der Waals surface area contributed by atoms with Gasteiger partial charge in [0, 0.05) is 15.1 Å². The van der Waals surface area contributed by atoms with Gasteiger partial charge >= 0.3 is 5.97 Å². The molecule has 0 saturated heterocycles. The number of thiophene rings is 2. The van der Waals surface area contributed by atoms with Gasteiger partial charge in [-0.2, -0.15) is 0 Å². The van der Waals surface area contributed by atoms with E-state index < -0.39 is 5.97 Å². The fourth-order valence-corrected chi connectivity index (χ4v) is 5.89. The van der Waals surface area contributed by atoms with Crippen molar-refractivity contribution in [2.75, 3.05) is 12.4 Å². The number of thiocarbonyl (C=S) groups is 1. The van der Waals surface area contributed by atoms with Crippen molar-refractivity contribution < 1.29 is 14.3 Å². The van der Waals surface area contributed by atoms with Gasteiger partial charge in [0.15, 0.2) is 5.11 Å². The van der Waals surface area contributed by atoms with Crippen LogP contribution in [0.1, 0.15) is 61.4 Å². The number of hydrazine groups is 1. The summed E-state index contributed by atoms with van der Waals surface area (Å²) in [5, 5.41) is 5.75. The molecule has 3 rings (SSSR count). The van der Waals surface area contributed by atoms with Crippen LogP contribution in [-0.2, 0) is 24.0 Å². The minimum Gasteiger partial charge on any atom is -0.465 e. The van der Waals surface area contributed by atoms with Crippen LogP contribution < -0.4 is 16.2 Å². The van der Waals surface area contributed by atoms with Crippen LogP contribution in [0.5, 0.6) is 0 Å². The Balaban J connectivity index is 1.66. The number of esters is 1. The third-order valence-corrected chi connectivity index (χ3v) is 7.13. The number of fused-ring (bicyclic) bond motifs is 1. The molecular weight excluding hydrogens is 414 g/mol. The van der Waals surface area contributed by atoms with E-state index in [4.69, 9.17) is 17.0 Å². The molecule has 1 amide bonds. The zero-order chi connectivity index (χ0) is 20.3. The Morgan fingerprint density at radius 2 is 2.00 bits per heavy atom. The van der Waals surface area contributed by atoms with E-state index in [1.54, 1.807) is 11.3 Å². The van der Waals surface area contributed by atoms with E-state index in [1.165, 1.54) is 29.7 Å². The van der Waals surface area contributed by atoms with Crippen molar-refractivity contribution in [3.63, 3.8) is 0 Å². The molecule has 1 aliphatic rings. The Morgan fingerprint density at radius 1 is 1.25 bits per heavy atom. The number of carbonyl (C=O) groups is 2. The first-order valence-electron chi connectivity index (χ1n) is 9.13. The van der Waals surface area contributed by atoms with Gasteiger partial charge in [-0.3, -0.25) is 15.6 Å². The molecule has 2 aromatic heterocycles. The van der Waals surface area contributed by atoms with Crippen LogP contribution in [0.4, 0.5) is 5.00 Å². The van der Waals surface area contributed by atoms with Gasteiger partial charge in [-0.25, -0.2) is 4.79 Å². The lowest BCUT2D eigenvalue weighted by Crippen LogP contribution is -2.44.